The van der Waals surface area contributed by atoms with Crippen LogP contribution in [0.5, 0.6) is 5.75 Å². The highest BCUT2D eigenvalue weighted by Crippen LogP contribution is 2.31. The molecule has 0 unspecified atom stereocenters. The van der Waals surface area contributed by atoms with Gasteiger partial charge in [0.05, 0.1) is 17.1 Å². The largest absolute Gasteiger partial charge is 0.493 e. The summed E-state index contributed by atoms with van der Waals surface area (Å²) in [5, 5.41) is 7.37. The second kappa shape index (κ2) is 11.8. The first kappa shape index (κ1) is 26.8. The molecule has 2 heterocycles. The fourth-order valence-electron chi connectivity index (χ4n) is 3.87. The zero-order valence-corrected chi connectivity index (χ0v) is 22.0. The van der Waals surface area contributed by atoms with E-state index in [2.05, 4.69) is 32.0 Å². The molecule has 0 aliphatic carbocycles. The Hall–Kier alpha value is -2.76. The minimum Gasteiger partial charge on any atom is -0.493 e. The van der Waals surface area contributed by atoms with Gasteiger partial charge < -0.3 is 14.6 Å². The molecule has 0 bridgehead atoms. The quantitative estimate of drug-likeness (QED) is 0.566. The highest BCUT2D eigenvalue weighted by Gasteiger charge is 2.29. The lowest BCUT2D eigenvalue weighted by molar-refractivity contribution is 0.196. The number of aryl methyl sites for hydroxylation is 2. The standard InChI is InChI=1S/C24H36N6O4S/c1-6-9-22-25-18(5)17(4)24(31)26-23(28-27-22)20-16-19(10-11-21(20)34-8-3)35(32,33)30-14-12-29(7-2)13-15-30/h10-11,16H,6-9,12-15H2,1-5H3,(H,25,27)(H,26,28,31). The van der Waals surface area contributed by atoms with Crippen LogP contribution in [0.25, 0.3) is 11.4 Å². The Morgan fingerprint density at radius 1 is 1.09 bits per heavy atom. The molecule has 1 aromatic heterocycles. The Morgan fingerprint density at radius 3 is 2.43 bits per heavy atom. The van der Waals surface area contributed by atoms with Crippen LogP contribution in [0.15, 0.2) is 27.9 Å². The summed E-state index contributed by atoms with van der Waals surface area (Å²) in [6, 6.07) is 4.68. The maximum absolute atomic E-state index is 13.5. The van der Waals surface area contributed by atoms with E-state index in [0.717, 1.165) is 13.0 Å². The summed E-state index contributed by atoms with van der Waals surface area (Å²) >= 11 is 0. The van der Waals surface area contributed by atoms with Gasteiger partial charge in [-0.05, 0) is 51.9 Å². The molecule has 1 aliphatic rings. The van der Waals surface area contributed by atoms with Gasteiger partial charge in [0.1, 0.15) is 11.6 Å². The zero-order chi connectivity index (χ0) is 25.6. The number of piperazine rings is 1. The molecule has 0 atom stereocenters. The molecule has 1 saturated heterocycles. The molecule has 11 heteroatoms. The van der Waals surface area contributed by atoms with E-state index >= 15 is 0 Å². The zero-order valence-electron chi connectivity index (χ0n) is 21.2. The number of likely N-dealkylation sites (N-methyl/N-ethyl adjacent to an activating group) is 1. The van der Waals surface area contributed by atoms with Gasteiger partial charge in [-0.2, -0.15) is 9.40 Å². The Kier molecular flexibility index (Phi) is 9.03. The van der Waals surface area contributed by atoms with Crippen LogP contribution < -0.4 is 10.3 Å². The van der Waals surface area contributed by atoms with Gasteiger partial charge in [-0.1, -0.05) is 13.8 Å². The Morgan fingerprint density at radius 2 is 1.80 bits per heavy atom. The van der Waals surface area contributed by atoms with Crippen LogP contribution in [0.2, 0.25) is 0 Å². The number of H-pyrrole nitrogens is 2. The molecule has 192 valence electrons. The maximum Gasteiger partial charge on any atom is 0.254 e. The van der Waals surface area contributed by atoms with Gasteiger partial charge in [0.2, 0.25) is 10.0 Å². The first-order chi connectivity index (χ1) is 16.7. The molecule has 0 saturated carbocycles. The second-order valence-electron chi connectivity index (χ2n) is 8.47. The van der Waals surface area contributed by atoms with E-state index in [9.17, 15) is 13.2 Å². The number of nitrogens with zero attached hydrogens (tertiary/aromatic N) is 4. The van der Waals surface area contributed by atoms with E-state index < -0.39 is 10.0 Å². The van der Waals surface area contributed by atoms with E-state index in [0.29, 0.717) is 67.6 Å². The number of ether oxygens (including phenoxy) is 1. The minimum absolute atomic E-state index is 0.128. The van der Waals surface area contributed by atoms with E-state index in [1.807, 2.05) is 13.8 Å². The maximum atomic E-state index is 13.5. The van der Waals surface area contributed by atoms with Crippen molar-refractivity contribution in [1.82, 2.24) is 29.4 Å². The normalized spacial score (nSPS) is 15.1. The van der Waals surface area contributed by atoms with Gasteiger partial charge in [0.25, 0.3) is 5.56 Å². The Bertz CT molecular complexity index is 1250. The summed E-state index contributed by atoms with van der Waals surface area (Å²) in [7, 11) is -3.73. The number of aromatic amines is 2. The van der Waals surface area contributed by atoms with Crippen LogP contribution >= 0.6 is 0 Å². The molecule has 1 aliphatic heterocycles. The van der Waals surface area contributed by atoms with Gasteiger partial charge in [0, 0.05) is 43.9 Å². The SMILES string of the molecule is CCCc1nc(C)c(C)c(=O)[nH]c(-c2cc(S(=O)(=O)N3CCN(CC)CC3)ccc2OCC)n[nH]1. The number of rotatable bonds is 8. The predicted octanol–water partition coefficient (Wildman–Crippen LogP) is 2.58. The van der Waals surface area contributed by atoms with Crippen molar-refractivity contribution < 1.29 is 13.2 Å². The van der Waals surface area contributed by atoms with Crippen LogP contribution in [-0.2, 0) is 16.4 Å². The number of hydrogen-bond acceptors (Lipinski definition) is 7. The van der Waals surface area contributed by atoms with E-state index in [-0.39, 0.29) is 16.3 Å². The third-order valence-electron chi connectivity index (χ3n) is 6.12. The average Bonchev–Trinajstić information content (AvgIpc) is 2.90. The molecule has 0 amide bonds. The monoisotopic (exact) mass is 504 g/mol. The van der Waals surface area contributed by atoms with E-state index in [4.69, 9.17) is 4.74 Å². The molecule has 2 aromatic rings. The molecule has 35 heavy (non-hydrogen) atoms. The summed E-state index contributed by atoms with van der Waals surface area (Å²) in [6.45, 7) is 12.9. The summed E-state index contributed by atoms with van der Waals surface area (Å²) in [6.07, 6.45) is 1.49. The number of nitrogens with one attached hydrogen (secondary N) is 2. The van der Waals surface area contributed by atoms with Crippen LogP contribution in [0.4, 0.5) is 0 Å². The molecule has 0 spiro atoms. The minimum atomic E-state index is -3.73. The number of benzene rings is 1. The third kappa shape index (κ3) is 6.28. The van der Waals surface area contributed by atoms with Crippen LogP contribution in [0.3, 0.4) is 0 Å². The lowest BCUT2D eigenvalue weighted by Gasteiger charge is -2.33. The van der Waals surface area contributed by atoms with Crippen molar-refractivity contribution in [1.29, 1.82) is 0 Å². The van der Waals surface area contributed by atoms with Crippen LogP contribution in [-0.4, -0.2) is 77.1 Å². The average molecular weight is 505 g/mol. The van der Waals surface area contributed by atoms with Gasteiger partial charge >= 0.3 is 0 Å². The Balaban J connectivity index is 2.17. The van der Waals surface area contributed by atoms with E-state index in [1.54, 1.807) is 26.0 Å². The van der Waals surface area contributed by atoms with Crippen molar-refractivity contribution in [3.05, 3.63) is 45.6 Å². The van der Waals surface area contributed by atoms with Crippen molar-refractivity contribution in [2.45, 2.75) is 52.4 Å². The van der Waals surface area contributed by atoms with Crippen LogP contribution in [0, 0.1) is 13.8 Å². The van der Waals surface area contributed by atoms with E-state index in [1.165, 1.54) is 10.4 Å². The van der Waals surface area contributed by atoms with Crippen molar-refractivity contribution >= 4 is 10.0 Å². The summed E-state index contributed by atoms with van der Waals surface area (Å²) < 4.78 is 34.2. The van der Waals surface area contributed by atoms with Gasteiger partial charge in [-0.15, -0.1) is 0 Å². The second-order valence-corrected chi connectivity index (χ2v) is 10.4. The number of sulfonamides is 1. The lowest BCUT2D eigenvalue weighted by Crippen LogP contribution is -2.48. The van der Waals surface area contributed by atoms with Crippen molar-refractivity contribution in [3.8, 4) is 17.1 Å². The molecule has 1 aromatic carbocycles. The van der Waals surface area contributed by atoms with Gasteiger partial charge in [-0.3, -0.25) is 9.89 Å². The molecular weight excluding hydrogens is 468 g/mol. The summed E-state index contributed by atoms with van der Waals surface area (Å²) in [5.74, 6) is 1.22. The molecular formula is C24H36N6O4S. The molecule has 1 fully saturated rings. The lowest BCUT2D eigenvalue weighted by atomic mass is 10.2. The molecule has 0 radical (unpaired) electrons. The molecule has 2 N–H and O–H groups in total. The topological polar surface area (TPSA) is 124 Å². The number of aromatic nitrogens is 4. The van der Waals surface area contributed by atoms with Crippen molar-refractivity contribution in [3.63, 3.8) is 0 Å². The summed E-state index contributed by atoms with van der Waals surface area (Å²) in [4.78, 5) is 22.6. The highest BCUT2D eigenvalue weighted by atomic mass is 32.2. The van der Waals surface area contributed by atoms with Gasteiger partial charge in [0.15, 0.2) is 5.82 Å². The first-order valence-electron chi connectivity index (χ1n) is 12.1. The molecule has 3 rings (SSSR count). The first-order valence-corrected chi connectivity index (χ1v) is 13.5. The smallest absolute Gasteiger partial charge is 0.254 e. The molecule has 10 nitrogen and oxygen atoms in total. The Labute approximate surface area is 207 Å². The fourth-order valence-corrected chi connectivity index (χ4v) is 5.32. The summed E-state index contributed by atoms with van der Waals surface area (Å²) in [5.41, 5.74) is 1.05. The van der Waals surface area contributed by atoms with Crippen molar-refractivity contribution in [2.75, 3.05) is 39.3 Å². The van der Waals surface area contributed by atoms with Crippen LogP contribution in [0.1, 0.15) is 44.3 Å². The fraction of sp³-hybridized carbons (Fsp3) is 0.542. The predicted molar refractivity (Wildman–Crippen MR) is 136 cm³/mol. The highest BCUT2D eigenvalue weighted by molar-refractivity contribution is 7.89. The number of hydrogen-bond donors (Lipinski definition) is 2. The van der Waals surface area contributed by atoms with Crippen molar-refractivity contribution in [2.24, 2.45) is 0 Å². The third-order valence-corrected chi connectivity index (χ3v) is 8.02. The van der Waals surface area contributed by atoms with Gasteiger partial charge in [-0.25, -0.2) is 13.4 Å².